The van der Waals surface area contributed by atoms with Gasteiger partial charge in [0.2, 0.25) is 6.29 Å². The number of hydrogen-bond acceptors (Lipinski definition) is 7. The average Bonchev–Trinajstić information content (AvgIpc) is 3.43. The molecule has 27 heavy (non-hydrogen) atoms. The molecule has 0 bridgehead atoms. The van der Waals surface area contributed by atoms with Crippen LogP contribution < -0.4 is 0 Å². The van der Waals surface area contributed by atoms with Crippen molar-refractivity contribution in [3.63, 3.8) is 0 Å². The standard InChI is InChI=1S/C14H22O4.C6H8O3/c1-10(2)13(15)17-12-9-16-14(3,18-12)11-7-5-4-6-8-11;1-2-6(7)9-4-5-3-8-5/h11-12H,1,4-9H2,2-3H3;2,5H,1,3-4H2. The van der Waals surface area contributed by atoms with E-state index in [2.05, 4.69) is 17.9 Å². The normalized spacial score (nSPS) is 29.9. The predicted molar refractivity (Wildman–Crippen MR) is 97.6 cm³/mol. The molecule has 3 rings (SSSR count). The van der Waals surface area contributed by atoms with E-state index in [1.165, 1.54) is 19.3 Å². The zero-order chi connectivity index (χ0) is 19.9. The van der Waals surface area contributed by atoms with Gasteiger partial charge in [-0.25, -0.2) is 9.59 Å². The van der Waals surface area contributed by atoms with Gasteiger partial charge >= 0.3 is 11.9 Å². The summed E-state index contributed by atoms with van der Waals surface area (Å²) in [5.74, 6) is -0.998. The Labute approximate surface area is 160 Å². The summed E-state index contributed by atoms with van der Waals surface area (Å²) in [7, 11) is 0. The van der Waals surface area contributed by atoms with Gasteiger partial charge in [0.1, 0.15) is 19.3 Å². The van der Waals surface area contributed by atoms with E-state index in [1.54, 1.807) is 6.92 Å². The minimum atomic E-state index is -0.597. The highest BCUT2D eigenvalue weighted by molar-refractivity contribution is 5.87. The van der Waals surface area contributed by atoms with Crippen LogP contribution in [-0.2, 0) is 33.3 Å². The second-order valence-electron chi connectivity index (χ2n) is 7.18. The summed E-state index contributed by atoms with van der Waals surface area (Å²) in [5.41, 5.74) is 0.380. The van der Waals surface area contributed by atoms with Crippen molar-refractivity contribution in [3.05, 3.63) is 24.8 Å². The number of esters is 2. The smallest absolute Gasteiger partial charge is 0.335 e. The highest BCUT2D eigenvalue weighted by atomic mass is 16.8. The number of ether oxygens (including phenoxy) is 5. The first-order valence-corrected chi connectivity index (χ1v) is 9.43. The fourth-order valence-corrected chi connectivity index (χ4v) is 3.08. The zero-order valence-corrected chi connectivity index (χ0v) is 16.2. The summed E-state index contributed by atoms with van der Waals surface area (Å²) < 4.78 is 26.1. The molecule has 7 nitrogen and oxygen atoms in total. The minimum Gasteiger partial charge on any atom is -0.460 e. The molecule has 3 atom stereocenters. The van der Waals surface area contributed by atoms with Crippen LogP contribution in [0.2, 0.25) is 0 Å². The van der Waals surface area contributed by atoms with Crippen molar-refractivity contribution in [2.24, 2.45) is 5.92 Å². The van der Waals surface area contributed by atoms with Crippen LogP contribution in [0, 0.1) is 5.92 Å². The maximum Gasteiger partial charge on any atom is 0.335 e. The molecular formula is C20H30O7. The molecule has 0 spiro atoms. The highest BCUT2D eigenvalue weighted by Gasteiger charge is 2.45. The maximum atomic E-state index is 11.4. The molecule has 0 aromatic heterocycles. The zero-order valence-electron chi connectivity index (χ0n) is 16.2. The Morgan fingerprint density at radius 1 is 1.22 bits per heavy atom. The van der Waals surface area contributed by atoms with Crippen LogP contribution in [-0.4, -0.2) is 49.9 Å². The van der Waals surface area contributed by atoms with Crippen LogP contribution in [0.5, 0.6) is 0 Å². The molecule has 2 heterocycles. The summed E-state index contributed by atoms with van der Waals surface area (Å²) in [6.45, 7) is 11.8. The number of rotatable bonds is 6. The number of epoxide rings is 1. The van der Waals surface area contributed by atoms with Crippen LogP contribution in [0.3, 0.4) is 0 Å². The van der Waals surface area contributed by atoms with E-state index in [9.17, 15) is 9.59 Å². The third-order valence-corrected chi connectivity index (χ3v) is 4.79. The quantitative estimate of drug-likeness (QED) is 0.397. The maximum absolute atomic E-state index is 11.4. The molecule has 2 aliphatic heterocycles. The highest BCUT2D eigenvalue weighted by Crippen LogP contribution is 2.39. The van der Waals surface area contributed by atoms with E-state index in [0.29, 0.717) is 31.3 Å². The molecular weight excluding hydrogens is 352 g/mol. The molecule has 0 aromatic rings. The van der Waals surface area contributed by atoms with Crippen molar-refractivity contribution < 1.29 is 33.3 Å². The number of carbonyl (C=O) groups is 2. The van der Waals surface area contributed by atoms with Gasteiger partial charge in [-0.1, -0.05) is 32.4 Å². The third kappa shape index (κ3) is 7.08. The van der Waals surface area contributed by atoms with Crippen molar-refractivity contribution in [1.82, 2.24) is 0 Å². The molecule has 3 fully saturated rings. The molecule has 0 aromatic carbocycles. The summed E-state index contributed by atoms with van der Waals surface area (Å²) in [5, 5.41) is 0. The van der Waals surface area contributed by atoms with Gasteiger partial charge in [0.05, 0.1) is 6.61 Å². The Morgan fingerprint density at radius 2 is 1.89 bits per heavy atom. The molecule has 3 unspecified atom stereocenters. The lowest BCUT2D eigenvalue weighted by atomic mass is 9.84. The van der Waals surface area contributed by atoms with Gasteiger partial charge in [-0.2, -0.15) is 0 Å². The molecule has 152 valence electrons. The van der Waals surface area contributed by atoms with E-state index >= 15 is 0 Å². The lowest BCUT2D eigenvalue weighted by Gasteiger charge is -2.34. The molecule has 0 amide bonds. The molecule has 0 radical (unpaired) electrons. The Morgan fingerprint density at radius 3 is 2.44 bits per heavy atom. The Kier molecular flexibility index (Phi) is 8.01. The summed E-state index contributed by atoms with van der Waals surface area (Å²) in [6.07, 6.45) is 6.68. The second kappa shape index (κ2) is 10.0. The van der Waals surface area contributed by atoms with Crippen molar-refractivity contribution in [2.45, 2.75) is 64.1 Å². The van der Waals surface area contributed by atoms with E-state index < -0.39 is 18.0 Å². The van der Waals surface area contributed by atoms with Crippen molar-refractivity contribution in [1.29, 1.82) is 0 Å². The van der Waals surface area contributed by atoms with Crippen molar-refractivity contribution in [3.8, 4) is 0 Å². The van der Waals surface area contributed by atoms with E-state index in [1.807, 2.05) is 6.92 Å². The lowest BCUT2D eigenvalue weighted by Crippen LogP contribution is -2.38. The summed E-state index contributed by atoms with van der Waals surface area (Å²) in [6, 6.07) is 0. The fourth-order valence-electron chi connectivity index (χ4n) is 3.08. The van der Waals surface area contributed by atoms with Crippen molar-refractivity contribution >= 4 is 11.9 Å². The largest absolute Gasteiger partial charge is 0.460 e. The second-order valence-corrected chi connectivity index (χ2v) is 7.18. The van der Waals surface area contributed by atoms with Gasteiger partial charge in [-0.15, -0.1) is 0 Å². The first kappa shape index (κ1) is 21.6. The SMILES string of the molecule is C=C(C)C(=O)OC1COC(C)(C2CCCCC2)O1.C=CC(=O)OCC1CO1. The molecule has 0 N–H and O–H groups in total. The first-order chi connectivity index (χ1) is 12.8. The predicted octanol–water partition coefficient (Wildman–Crippen LogP) is 2.89. The molecule has 7 heteroatoms. The lowest BCUT2D eigenvalue weighted by molar-refractivity contribution is -0.229. The monoisotopic (exact) mass is 382 g/mol. The summed E-state index contributed by atoms with van der Waals surface area (Å²) in [4.78, 5) is 21.8. The topological polar surface area (TPSA) is 83.6 Å². The third-order valence-electron chi connectivity index (χ3n) is 4.79. The van der Waals surface area contributed by atoms with Gasteiger partial charge in [-0.05, 0) is 26.7 Å². The van der Waals surface area contributed by atoms with Crippen LogP contribution >= 0.6 is 0 Å². The van der Waals surface area contributed by atoms with Crippen LogP contribution in [0.1, 0.15) is 46.0 Å². The Bertz CT molecular complexity index is 549. The number of carbonyl (C=O) groups excluding carboxylic acids is 2. The van der Waals surface area contributed by atoms with Crippen LogP contribution in [0.4, 0.5) is 0 Å². The van der Waals surface area contributed by atoms with E-state index in [-0.39, 0.29) is 12.1 Å². The Hall–Kier alpha value is -1.70. The van der Waals surface area contributed by atoms with Gasteiger partial charge in [0.25, 0.3) is 0 Å². The molecule has 1 saturated carbocycles. The van der Waals surface area contributed by atoms with E-state index in [0.717, 1.165) is 18.9 Å². The summed E-state index contributed by atoms with van der Waals surface area (Å²) >= 11 is 0. The molecule has 3 aliphatic rings. The molecule has 2 saturated heterocycles. The minimum absolute atomic E-state index is 0.147. The fraction of sp³-hybridized carbons (Fsp3) is 0.700. The van der Waals surface area contributed by atoms with Crippen molar-refractivity contribution in [2.75, 3.05) is 19.8 Å². The van der Waals surface area contributed by atoms with Gasteiger partial charge < -0.3 is 23.7 Å². The average molecular weight is 382 g/mol. The van der Waals surface area contributed by atoms with Gasteiger partial charge in [-0.3, -0.25) is 0 Å². The number of hydrogen-bond donors (Lipinski definition) is 0. The molecule has 1 aliphatic carbocycles. The van der Waals surface area contributed by atoms with Crippen LogP contribution in [0.25, 0.3) is 0 Å². The Balaban J connectivity index is 0.000000244. The van der Waals surface area contributed by atoms with Crippen LogP contribution in [0.15, 0.2) is 24.8 Å². The first-order valence-electron chi connectivity index (χ1n) is 9.43. The van der Waals surface area contributed by atoms with Gasteiger partial charge in [0, 0.05) is 17.6 Å². The van der Waals surface area contributed by atoms with Gasteiger partial charge in [0.15, 0.2) is 5.79 Å². The van der Waals surface area contributed by atoms with E-state index in [4.69, 9.17) is 18.9 Å².